The van der Waals surface area contributed by atoms with Gasteiger partial charge in [0.2, 0.25) is 0 Å². The normalized spacial score (nSPS) is 17.3. The number of hydrogen-bond donors (Lipinski definition) is 12. The van der Waals surface area contributed by atoms with Crippen molar-refractivity contribution in [3.05, 3.63) is 304 Å². The van der Waals surface area contributed by atoms with Crippen molar-refractivity contribution in [2.75, 3.05) is 51.7 Å². The summed E-state index contributed by atoms with van der Waals surface area (Å²) >= 11 is 0. The summed E-state index contributed by atoms with van der Waals surface area (Å²) in [7, 11) is 0. The van der Waals surface area contributed by atoms with Crippen LogP contribution in [-0.2, 0) is 19.3 Å². The van der Waals surface area contributed by atoms with Gasteiger partial charge in [-0.1, -0.05) is 127 Å². The third kappa shape index (κ3) is 17.6. The Morgan fingerprint density at radius 1 is 0.256 bits per heavy atom. The van der Waals surface area contributed by atoms with Gasteiger partial charge in [-0.3, -0.25) is 0 Å². The van der Waals surface area contributed by atoms with Crippen molar-refractivity contribution in [2.24, 2.45) is 0 Å². The Labute approximate surface area is 722 Å². The summed E-state index contributed by atoms with van der Waals surface area (Å²) in [6.45, 7) is 16.4. The molecule has 12 aromatic heterocycles. The van der Waals surface area contributed by atoms with Gasteiger partial charge in [0.05, 0.1) is 81.8 Å². The number of nitrogens with one attached hydrogen (secondary N) is 12. The zero-order valence-electron chi connectivity index (χ0n) is 71.0. The van der Waals surface area contributed by atoms with E-state index in [0.29, 0.717) is 24.7 Å². The lowest BCUT2D eigenvalue weighted by Gasteiger charge is -2.27. The second-order valence-corrected chi connectivity index (χ2v) is 32.9. The summed E-state index contributed by atoms with van der Waals surface area (Å²) in [5, 5.41) is 27.7. The molecule has 12 N–H and O–H groups in total. The van der Waals surface area contributed by atoms with Crippen molar-refractivity contribution in [1.82, 2.24) is 89.7 Å². The molecule has 0 amide bonds. The number of aryl methyl sites for hydroxylation is 10. The number of benzene rings is 6. The van der Waals surface area contributed by atoms with Gasteiger partial charge in [0.25, 0.3) is 0 Å². The molecule has 0 radical (unpaired) electrons. The molecule has 27 nitrogen and oxygen atoms in total. The molecule has 3 aliphatic carbocycles. The maximum atomic E-state index is 5.70. The minimum Gasteiger partial charge on any atom is -0.493 e. The van der Waals surface area contributed by atoms with Gasteiger partial charge in [-0.25, -0.2) is 59.8 Å². The third-order valence-electron chi connectivity index (χ3n) is 24.0. The van der Waals surface area contributed by atoms with Crippen LogP contribution in [0, 0.1) is 48.5 Å². The first kappa shape index (κ1) is 80.0. The van der Waals surface area contributed by atoms with Crippen molar-refractivity contribution in [1.29, 1.82) is 0 Å². The first-order chi connectivity index (χ1) is 61.3. The second-order valence-electron chi connectivity index (χ2n) is 32.9. The van der Waals surface area contributed by atoms with Crippen LogP contribution in [0.25, 0.3) is 66.2 Å². The molecule has 6 aliphatic rings. The fourth-order valence-electron chi connectivity index (χ4n) is 18.1. The molecule has 24 rings (SSSR count). The lowest BCUT2D eigenvalue weighted by atomic mass is 9.86. The Kier molecular flexibility index (Phi) is 22.9. The zero-order chi connectivity index (χ0) is 84.9. The Balaban J connectivity index is 0.0000000982. The molecule has 18 aromatic rings. The van der Waals surface area contributed by atoms with E-state index in [-0.39, 0.29) is 18.1 Å². The highest BCUT2D eigenvalue weighted by molar-refractivity contribution is 5.92. The van der Waals surface area contributed by atoms with E-state index in [1.165, 1.54) is 81.3 Å². The first-order valence-corrected chi connectivity index (χ1v) is 43.1. The van der Waals surface area contributed by atoms with E-state index in [1.807, 2.05) is 96.1 Å². The summed E-state index contributed by atoms with van der Waals surface area (Å²) in [6.07, 6.45) is 20.8. The van der Waals surface area contributed by atoms with Crippen molar-refractivity contribution in [2.45, 2.75) is 149 Å². The standard InChI is InChI=1S/C18H20N4.C17H18N4.2C16H16N4O.C16H16N4.C15H14N4O/c1-11-6-7-14-13(8-11)4-3-5-16(14)22-18-15-9-12(2)21-17(15)19-10-20-18;1-11-9-14-16(20-11)18-10-19-17(14)21-15-8-4-6-12-5-2-3-7-13(12)15;2*1-10-8-12-15(19-10)17-9-18-16(12)20-13-6-7-21-14-5-3-2-4-11(13)14;1-10-8-13-15(19-10)17-9-18-16(13)20-14-7-6-11-4-2-3-5-12(11)14;1-9-6-11-14(18-9)16-8-17-15(11)19-12-7-20-13-5-3-2-4-10(12)13/h6-10,16H,3-5H2,1-2H3,(H2,19,20,21,22);2-3,5,7,9-10,15H,4,6,8H2,1H3,(H2,18,19,20,21);2*2-5,8-9,13H,6-7H2,1H3,(H2,17,18,19,20);2-5,8-9,14H,6-7H2,1H3,(H2,17,18,19,20);2-6,8,12H,7H2,1H3,(H2,16,17,18,19). The molecule has 27 heteroatoms. The molecule has 3 aliphatic heterocycles. The zero-order valence-corrected chi connectivity index (χ0v) is 71.0. The molecule has 0 saturated carbocycles. The Bertz CT molecular complexity index is 6430. The Morgan fingerprint density at radius 3 is 0.904 bits per heavy atom. The van der Waals surface area contributed by atoms with Gasteiger partial charge in [0.1, 0.15) is 131 Å². The van der Waals surface area contributed by atoms with Crippen LogP contribution in [0.4, 0.5) is 34.9 Å². The smallest absolute Gasteiger partial charge is 0.143 e. The summed E-state index contributed by atoms with van der Waals surface area (Å²) in [5.74, 6) is 8.19. The molecule has 0 fully saturated rings. The van der Waals surface area contributed by atoms with Gasteiger partial charge >= 0.3 is 0 Å². The van der Waals surface area contributed by atoms with Gasteiger partial charge in [0.15, 0.2) is 0 Å². The van der Waals surface area contributed by atoms with Crippen molar-refractivity contribution in [3.63, 3.8) is 0 Å². The maximum Gasteiger partial charge on any atom is 0.143 e. The van der Waals surface area contributed by atoms with Crippen molar-refractivity contribution < 1.29 is 14.2 Å². The highest BCUT2D eigenvalue weighted by Gasteiger charge is 2.30. The SMILES string of the molecule is Cc1cc2c(NC3CCCc4ccccc43)ncnc2[nH]1.Cc1cc2c(NC3CCOc4ccccc43)ncnc2[nH]1.Cc1cc2c(NC3CCOc4ccccc43)ncnc2[nH]1.Cc1cc2c(NC3CCc4ccccc43)ncnc2[nH]1.Cc1cc2c(NC3COc4ccccc43)ncnc2[nH]1.Cc1ccc2c(c1)CCCC2Nc1ncnc2[nH]c(C)cc12. The van der Waals surface area contributed by atoms with Crippen LogP contribution >= 0.6 is 0 Å². The third-order valence-corrected chi connectivity index (χ3v) is 24.0. The quantitative estimate of drug-likeness (QED) is 0.0540. The van der Waals surface area contributed by atoms with Crippen LogP contribution in [0.2, 0.25) is 0 Å². The Hall–Kier alpha value is -14.8. The largest absolute Gasteiger partial charge is 0.493 e. The number of H-pyrrole nitrogens is 6. The minimum absolute atomic E-state index is 0.125. The molecule has 15 heterocycles. The molecular weight excluding hydrogens is 1560 g/mol. The van der Waals surface area contributed by atoms with E-state index in [4.69, 9.17) is 14.2 Å². The molecule has 0 bridgehead atoms. The number of aromatic nitrogens is 18. The Morgan fingerprint density at radius 2 is 0.536 bits per heavy atom. The van der Waals surface area contributed by atoms with Gasteiger partial charge in [-0.15, -0.1) is 0 Å². The van der Waals surface area contributed by atoms with E-state index < -0.39 is 0 Å². The van der Waals surface area contributed by atoms with E-state index in [1.54, 1.807) is 38.0 Å². The second kappa shape index (κ2) is 35.7. The molecular formula is C98H100N24O3. The minimum atomic E-state index is 0.125. The average molecular weight is 1660 g/mol. The van der Waals surface area contributed by atoms with Crippen molar-refractivity contribution in [3.8, 4) is 17.2 Å². The van der Waals surface area contributed by atoms with E-state index in [0.717, 1.165) is 204 Å². The average Bonchev–Trinajstić information content (AvgIpc) is 1.61. The van der Waals surface area contributed by atoms with Gasteiger partial charge in [-0.05, 0) is 188 Å². The lowest BCUT2D eigenvalue weighted by Crippen LogP contribution is -2.20. The molecule has 0 saturated heterocycles. The molecule has 6 aromatic carbocycles. The number of ether oxygens (including phenoxy) is 3. The number of anilines is 6. The van der Waals surface area contributed by atoms with Gasteiger partial charge < -0.3 is 76.0 Å². The van der Waals surface area contributed by atoms with E-state index >= 15 is 0 Å². The summed E-state index contributed by atoms with van der Waals surface area (Å²) in [5.41, 5.74) is 25.3. The van der Waals surface area contributed by atoms with Crippen LogP contribution in [0.15, 0.2) is 214 Å². The van der Waals surface area contributed by atoms with Crippen LogP contribution in [-0.4, -0.2) is 110 Å². The van der Waals surface area contributed by atoms with E-state index in [2.05, 4.69) is 250 Å². The highest BCUT2D eigenvalue weighted by Crippen LogP contribution is 2.42. The van der Waals surface area contributed by atoms with Crippen LogP contribution in [0.1, 0.15) is 171 Å². The number of para-hydroxylation sites is 3. The number of hydrogen-bond acceptors (Lipinski definition) is 21. The molecule has 630 valence electrons. The number of fused-ring (bicyclic) bond motifs is 12. The van der Waals surface area contributed by atoms with Crippen molar-refractivity contribution >= 4 is 101 Å². The molecule has 125 heavy (non-hydrogen) atoms. The molecule has 6 unspecified atom stereocenters. The number of aromatic amines is 6. The lowest BCUT2D eigenvalue weighted by molar-refractivity contribution is 0.274. The van der Waals surface area contributed by atoms with Gasteiger partial charge in [-0.2, -0.15) is 0 Å². The number of nitrogens with zero attached hydrogens (tertiary/aromatic N) is 12. The fraction of sp³-hybridized carbons (Fsp3) is 0.265. The highest BCUT2D eigenvalue weighted by atomic mass is 16.5. The van der Waals surface area contributed by atoms with Gasteiger partial charge in [0, 0.05) is 63.7 Å². The molecule has 0 spiro atoms. The van der Waals surface area contributed by atoms with Crippen LogP contribution in [0.3, 0.4) is 0 Å². The topological polar surface area (TPSA) is 349 Å². The summed E-state index contributed by atoms with van der Waals surface area (Å²) in [6, 6.07) is 62.6. The summed E-state index contributed by atoms with van der Waals surface area (Å²) in [4.78, 5) is 71.6. The fourth-order valence-corrected chi connectivity index (χ4v) is 18.1. The first-order valence-electron chi connectivity index (χ1n) is 43.1. The monoisotopic (exact) mass is 1660 g/mol. The maximum absolute atomic E-state index is 5.70. The predicted octanol–water partition coefficient (Wildman–Crippen LogP) is 20.4. The molecule has 6 atom stereocenters. The van der Waals surface area contributed by atoms with E-state index in [9.17, 15) is 0 Å². The summed E-state index contributed by atoms with van der Waals surface area (Å²) < 4.78 is 17.1. The number of rotatable bonds is 12. The van der Waals surface area contributed by atoms with Crippen LogP contribution < -0.4 is 46.1 Å². The predicted molar refractivity (Wildman–Crippen MR) is 493 cm³/mol. The van der Waals surface area contributed by atoms with Crippen LogP contribution in [0.5, 0.6) is 17.2 Å².